The molecular weight excluding hydrogens is 1810 g/mol. The van der Waals surface area contributed by atoms with Gasteiger partial charge in [0.1, 0.15) is 66.6 Å². The molecule has 13 atom stereocenters. The summed E-state index contributed by atoms with van der Waals surface area (Å²) < 4.78 is 235. The molecule has 3 aliphatic heterocycles. The van der Waals surface area contributed by atoms with Crippen molar-refractivity contribution in [1.29, 1.82) is 0 Å². The number of carbonyl (C=O) groups excluding carboxylic acids is 5. The number of urea groups is 1. The Morgan fingerprint density at radius 3 is 1.50 bits per heavy atom. The van der Waals surface area contributed by atoms with Gasteiger partial charge in [0.05, 0.1) is 250 Å². The van der Waals surface area contributed by atoms with Crippen LogP contribution in [0.2, 0.25) is 0 Å². The van der Waals surface area contributed by atoms with E-state index in [4.69, 9.17) is 66.3 Å². The third kappa shape index (κ3) is 35.3. The van der Waals surface area contributed by atoms with Crippen LogP contribution in [0, 0.1) is 12.8 Å². The molecule has 8 heterocycles. The van der Waals surface area contributed by atoms with Crippen molar-refractivity contribution in [2.75, 3.05) is 209 Å². The number of alkyl halides is 11. The van der Waals surface area contributed by atoms with Crippen molar-refractivity contribution in [2.24, 2.45) is 5.92 Å². The molecule has 5 aromatic rings. The number of carbonyl (C=O) groups is 5. The minimum Gasteiger partial charge on any atom is -0.391 e. The van der Waals surface area contributed by atoms with Gasteiger partial charge in [-0.3, -0.25) is 29.1 Å². The smallest absolute Gasteiger partial charge is 0.391 e. The maximum absolute atomic E-state index is 14.8. The number of ether oxygens (including phenoxy) is 14. The van der Waals surface area contributed by atoms with Gasteiger partial charge in [0, 0.05) is 58.0 Å². The van der Waals surface area contributed by atoms with Crippen LogP contribution in [0.25, 0.3) is 5.65 Å². The van der Waals surface area contributed by atoms with Gasteiger partial charge in [0.15, 0.2) is 22.7 Å². The minimum atomic E-state index is -4.89. The average Bonchev–Trinajstić information content (AvgIpc) is 1.62. The molecule has 1 aliphatic carbocycles. The van der Waals surface area contributed by atoms with Gasteiger partial charge in [-0.2, -0.15) is 44.6 Å². The first-order valence-electron chi connectivity index (χ1n) is 42.9. The van der Waals surface area contributed by atoms with Crippen LogP contribution in [0.5, 0.6) is 0 Å². The molecule has 4 aliphatic rings. The summed E-state index contributed by atoms with van der Waals surface area (Å²) in [6.07, 6.45) is -21.1. The maximum Gasteiger partial charge on any atom is 0.434 e. The van der Waals surface area contributed by atoms with Gasteiger partial charge in [-0.05, 0) is 49.7 Å². The Labute approximate surface area is 754 Å². The largest absolute Gasteiger partial charge is 0.434 e. The van der Waals surface area contributed by atoms with E-state index >= 15 is 0 Å². The van der Waals surface area contributed by atoms with E-state index < -0.39 is 189 Å². The molecular formula is C79H114F11N17O26. The number of fused-ring (bicyclic) bond motifs is 1. The van der Waals surface area contributed by atoms with Gasteiger partial charge in [-0.15, -0.1) is 0 Å². The predicted molar refractivity (Wildman–Crippen MR) is 432 cm³/mol. The number of methoxy groups -OCH3 is 1. The lowest BCUT2D eigenvalue weighted by atomic mass is 9.81. The lowest BCUT2D eigenvalue weighted by molar-refractivity contribution is -0.170. The monoisotopic (exact) mass is 1930 g/mol. The Morgan fingerprint density at radius 1 is 0.579 bits per heavy atom. The molecule has 133 heavy (non-hydrogen) atoms. The van der Waals surface area contributed by atoms with Gasteiger partial charge in [0.2, 0.25) is 23.6 Å². The lowest BCUT2D eigenvalue weighted by Crippen LogP contribution is -2.57. The minimum absolute atomic E-state index is 0.0325. The van der Waals surface area contributed by atoms with Crippen LogP contribution >= 0.6 is 0 Å². The highest BCUT2D eigenvalue weighted by molar-refractivity contribution is 5.93. The van der Waals surface area contributed by atoms with E-state index in [9.17, 15) is 103 Å². The molecule has 9 rings (SSSR count). The zero-order valence-corrected chi connectivity index (χ0v) is 72.8. The Bertz CT molecular complexity index is 4170. The summed E-state index contributed by atoms with van der Waals surface area (Å²) in [7, 11) is 1.30. The predicted octanol–water partition coefficient (Wildman–Crippen LogP) is 1.08. The highest BCUT2D eigenvalue weighted by Gasteiger charge is 2.54. The van der Waals surface area contributed by atoms with Gasteiger partial charge < -0.3 is 139 Å². The fraction of sp³-hybridized carbons (Fsp3) is 0.734. The molecule has 0 spiro atoms. The summed E-state index contributed by atoms with van der Waals surface area (Å²) in [5, 5.41) is 92.6. The van der Waals surface area contributed by atoms with Crippen molar-refractivity contribution in [1.82, 2.24) is 75.9 Å². The maximum atomic E-state index is 14.8. The number of aryl methyl sites for hydroxylation is 1. The summed E-state index contributed by atoms with van der Waals surface area (Å²) in [5.41, 5.74) is -1.78. The fourth-order valence-electron chi connectivity index (χ4n) is 14.3. The second-order valence-electron chi connectivity index (χ2n) is 31.1. The first kappa shape index (κ1) is 108. The quantitative estimate of drug-likeness (QED) is 0.0191. The van der Waals surface area contributed by atoms with E-state index in [1.165, 1.54) is 37.0 Å². The number of aliphatic hydroxyl groups excluding tert-OH is 6. The molecule has 0 aromatic carbocycles. The standard InChI is InChI=1S/C79H114F11N17O26/c1-47-67(104-133-103-47)74(117)102-68(48-7-9-76(80,81)10-8-48)50-39-107-63(98-50)33-49(34-95-107)53(43-119-2)106-40-60(79(88,89)90)105(75(106)118)13-16-122-19-22-125-29-32-130-46-66(112)101-69(54(108)3-5-64(110)93-11-14-120-17-20-123-23-25-126-27-30-128-44-56-72(115)70(113)51(41-131-56)96-61-37-91-35-58(99-61)77(82,83)84)55(109)4-6-65(111)94-12-15-121-18-21-124-24-26-127-28-31-129-45-57-73(116)71(114)52(42-132-57)97-62-38-92-36-59(100-62)78(85,86)87/h33-39,48,51-57,60,68-73,108-109,113-116H,3-32,40-46H2,1-2H3,(H,93,110)(H,94,111)(H,96,99)(H,97,100)(H,101,112)(H,102,117)/t51-,52-,53+,54?,55?,56+,57+,60-,68-,69?,70+,71+,72-,73-/m0/s1. The number of hydrogen-bond donors (Lipinski definition) is 12. The number of aromatic nitrogens is 9. The van der Waals surface area contributed by atoms with Crippen LogP contribution in [0.3, 0.4) is 0 Å². The molecule has 43 nitrogen and oxygen atoms in total. The molecule has 0 radical (unpaired) electrons. The summed E-state index contributed by atoms with van der Waals surface area (Å²) in [6.45, 7) is -0.297. The topological polar surface area (TPSA) is 535 Å². The first-order valence-corrected chi connectivity index (χ1v) is 42.9. The summed E-state index contributed by atoms with van der Waals surface area (Å²) in [4.78, 5) is 86.8. The molecule has 5 aromatic heterocycles. The Hall–Kier alpha value is -8.90. The molecule has 3 saturated heterocycles. The zero-order chi connectivity index (χ0) is 96.1. The average molecular weight is 1930 g/mol. The molecule has 1 saturated carbocycles. The number of halogens is 11. The van der Waals surface area contributed by atoms with Gasteiger partial charge in [-0.1, -0.05) is 5.16 Å². The Balaban J connectivity index is 0.643. The van der Waals surface area contributed by atoms with Crippen molar-refractivity contribution >= 4 is 46.9 Å². The van der Waals surface area contributed by atoms with Crippen LogP contribution in [-0.2, 0) is 93.1 Å². The summed E-state index contributed by atoms with van der Waals surface area (Å²) in [5.74, 6) is -6.48. The fourth-order valence-corrected chi connectivity index (χ4v) is 14.3. The van der Waals surface area contributed by atoms with Gasteiger partial charge >= 0.3 is 24.6 Å². The molecule has 2 unspecified atom stereocenters. The van der Waals surface area contributed by atoms with Crippen molar-refractivity contribution < 1.29 is 174 Å². The number of amides is 6. The van der Waals surface area contributed by atoms with Crippen LogP contribution in [-0.4, -0.2) is 399 Å². The lowest BCUT2D eigenvalue weighted by Gasteiger charge is -2.38. The number of nitrogens with zero attached hydrogens (tertiary/aromatic N) is 11. The SMILES string of the molecule is COC[C@H](c1cnn2cc([C@@H](NC(=O)c3nonc3C)C3CCC(F)(F)CC3)nc2c1)N1C[C@@H](C(F)(F)F)N(CCOCCOCCOCC(=O)NC(C(O)CCC(=O)NCCOCCOCCOCCOC[C@H]2OC[C@H](Nc3cncc(C(F)(F)F)n3)[C@@H](O)[C@H]2O)C(O)CCC(=O)NCCOCCOCCOCCOC[C@H]2OC[C@H](Nc3cncc(C(F)(F)F)n3)[C@@H](O)[C@H]2O)C1=O. The number of nitrogens with one attached hydrogen (secondary N) is 6. The van der Waals surface area contributed by atoms with Crippen molar-refractivity contribution in [3.8, 4) is 0 Å². The third-order valence-corrected chi connectivity index (χ3v) is 21.4. The van der Waals surface area contributed by atoms with Crippen LogP contribution < -0.4 is 31.9 Å². The highest BCUT2D eigenvalue weighted by atomic mass is 19.4. The molecule has 6 amide bonds. The molecule has 0 bridgehead atoms. The van der Waals surface area contributed by atoms with E-state index in [-0.39, 0.29) is 250 Å². The molecule has 54 heteroatoms. The molecule has 12 N–H and O–H groups in total. The number of imidazole rings is 1. The number of hydrogen-bond acceptors (Lipinski definition) is 36. The highest BCUT2D eigenvalue weighted by Crippen LogP contribution is 2.43. The zero-order valence-electron chi connectivity index (χ0n) is 72.8. The van der Waals surface area contributed by atoms with E-state index in [2.05, 4.69) is 76.9 Å². The normalized spacial score (nSPS) is 21.5. The number of anilines is 2. The Kier molecular flexibility index (Phi) is 43.9. The van der Waals surface area contributed by atoms with Crippen molar-refractivity contribution in [3.05, 3.63) is 77.3 Å². The van der Waals surface area contributed by atoms with Crippen molar-refractivity contribution in [3.63, 3.8) is 0 Å². The van der Waals surface area contributed by atoms with Crippen LogP contribution in [0.1, 0.15) is 102 Å². The second-order valence-corrected chi connectivity index (χ2v) is 31.1. The van der Waals surface area contributed by atoms with Crippen molar-refractivity contribution in [2.45, 2.75) is 168 Å². The Morgan fingerprint density at radius 2 is 1.05 bits per heavy atom. The van der Waals surface area contributed by atoms with E-state index in [1.807, 2.05) is 0 Å². The van der Waals surface area contributed by atoms with E-state index in [0.717, 1.165) is 17.3 Å². The second kappa shape index (κ2) is 54.1. The third-order valence-electron chi connectivity index (χ3n) is 21.4. The number of aliphatic hydroxyl groups is 6. The number of rotatable bonds is 60. The molecule has 4 fully saturated rings. The van der Waals surface area contributed by atoms with E-state index in [0.29, 0.717) is 17.3 Å². The van der Waals surface area contributed by atoms with Gasteiger partial charge in [0.25, 0.3) is 5.91 Å². The summed E-state index contributed by atoms with van der Waals surface area (Å²) in [6, 6.07) is -7.21. The van der Waals surface area contributed by atoms with Crippen LogP contribution in [0.4, 0.5) is 64.7 Å². The van der Waals surface area contributed by atoms with Crippen LogP contribution in [0.15, 0.2) is 47.9 Å². The first-order chi connectivity index (χ1) is 63.6. The van der Waals surface area contributed by atoms with E-state index in [1.54, 1.807) is 0 Å². The summed E-state index contributed by atoms with van der Waals surface area (Å²) >= 11 is 0. The molecule has 748 valence electrons. The van der Waals surface area contributed by atoms with Gasteiger partial charge in [-0.25, -0.2) is 37.7 Å².